The monoisotopic (exact) mass is 202 g/mol. The van der Waals surface area contributed by atoms with Crippen LogP contribution in [-0.4, -0.2) is 11.6 Å². The summed E-state index contributed by atoms with van der Waals surface area (Å²) in [5, 5.41) is 8.51. The van der Waals surface area contributed by atoms with Gasteiger partial charge in [-0.15, -0.1) is 12.6 Å². The predicted octanol–water partition coefficient (Wildman–Crippen LogP) is 1.84. The third-order valence-electron chi connectivity index (χ3n) is 1.21. The smallest absolute Gasteiger partial charge is 0.388 e. The molecule has 6 heteroatoms. The maximum absolute atomic E-state index is 11.8. The SMILES string of the molecule is N#Cc1ccnc(OC(F)F)c1S. The van der Waals surface area contributed by atoms with Gasteiger partial charge in [-0.1, -0.05) is 0 Å². The van der Waals surface area contributed by atoms with Crippen LogP contribution in [0, 0.1) is 11.3 Å². The van der Waals surface area contributed by atoms with Crippen molar-refractivity contribution in [2.75, 3.05) is 0 Å². The van der Waals surface area contributed by atoms with E-state index in [4.69, 9.17) is 5.26 Å². The van der Waals surface area contributed by atoms with Crippen molar-refractivity contribution < 1.29 is 13.5 Å². The second-order valence-electron chi connectivity index (χ2n) is 2.00. The van der Waals surface area contributed by atoms with Gasteiger partial charge in [0.25, 0.3) is 0 Å². The van der Waals surface area contributed by atoms with Gasteiger partial charge in [0.15, 0.2) is 0 Å². The molecule has 0 spiro atoms. The number of halogens is 2. The molecule has 68 valence electrons. The van der Waals surface area contributed by atoms with Crippen LogP contribution in [-0.2, 0) is 0 Å². The third-order valence-corrected chi connectivity index (χ3v) is 1.64. The quantitative estimate of drug-likeness (QED) is 0.744. The number of pyridine rings is 1. The second kappa shape index (κ2) is 4.05. The summed E-state index contributed by atoms with van der Waals surface area (Å²) >= 11 is 3.82. The number of nitrogens with zero attached hydrogens (tertiary/aromatic N) is 2. The number of rotatable bonds is 2. The molecule has 0 fully saturated rings. The van der Waals surface area contributed by atoms with Crippen LogP contribution in [0.25, 0.3) is 0 Å². The van der Waals surface area contributed by atoms with Crippen LogP contribution in [0.4, 0.5) is 8.78 Å². The molecule has 3 nitrogen and oxygen atoms in total. The van der Waals surface area contributed by atoms with Gasteiger partial charge in [-0.2, -0.15) is 14.0 Å². The lowest BCUT2D eigenvalue weighted by Gasteiger charge is -2.05. The first-order valence-corrected chi connectivity index (χ1v) is 3.62. The van der Waals surface area contributed by atoms with E-state index in [1.54, 1.807) is 6.07 Å². The van der Waals surface area contributed by atoms with Crippen molar-refractivity contribution in [3.63, 3.8) is 0 Å². The summed E-state index contributed by atoms with van der Waals surface area (Å²) < 4.78 is 27.5. The van der Waals surface area contributed by atoms with Crippen LogP contribution in [0.2, 0.25) is 0 Å². The van der Waals surface area contributed by atoms with Gasteiger partial charge in [0.2, 0.25) is 5.88 Å². The Hall–Kier alpha value is -1.35. The van der Waals surface area contributed by atoms with E-state index < -0.39 is 6.61 Å². The summed E-state index contributed by atoms with van der Waals surface area (Å²) in [6.45, 7) is -2.97. The lowest BCUT2D eigenvalue weighted by Crippen LogP contribution is -2.04. The normalized spacial score (nSPS) is 9.77. The Labute approximate surface area is 78.4 Å². The maximum atomic E-state index is 11.8. The van der Waals surface area contributed by atoms with E-state index in [2.05, 4.69) is 22.3 Å². The van der Waals surface area contributed by atoms with Crippen LogP contribution in [0.15, 0.2) is 17.2 Å². The second-order valence-corrected chi connectivity index (χ2v) is 2.45. The molecule has 0 bridgehead atoms. The fourth-order valence-electron chi connectivity index (χ4n) is 0.696. The van der Waals surface area contributed by atoms with Gasteiger partial charge in [0, 0.05) is 6.20 Å². The largest absolute Gasteiger partial charge is 0.416 e. The third kappa shape index (κ3) is 2.29. The Balaban J connectivity index is 3.03. The number of aromatic nitrogens is 1. The maximum Gasteiger partial charge on any atom is 0.388 e. The van der Waals surface area contributed by atoms with Gasteiger partial charge in [-0.05, 0) is 6.07 Å². The molecule has 0 atom stereocenters. The first-order chi connectivity index (χ1) is 6.15. The Morgan fingerprint density at radius 3 is 2.85 bits per heavy atom. The lowest BCUT2D eigenvalue weighted by atomic mass is 10.3. The molecule has 1 rings (SSSR count). The van der Waals surface area contributed by atoms with Gasteiger partial charge >= 0.3 is 6.61 Å². The van der Waals surface area contributed by atoms with Crippen molar-refractivity contribution in [1.29, 1.82) is 5.26 Å². The highest BCUT2D eigenvalue weighted by Crippen LogP contribution is 2.24. The summed E-state index contributed by atoms with van der Waals surface area (Å²) in [5.74, 6) is -0.336. The molecule has 0 amide bonds. The van der Waals surface area contributed by atoms with Crippen LogP contribution in [0.3, 0.4) is 0 Å². The number of ether oxygens (including phenoxy) is 1. The van der Waals surface area contributed by atoms with E-state index in [0.29, 0.717) is 0 Å². The van der Waals surface area contributed by atoms with E-state index in [1.807, 2.05) is 0 Å². The van der Waals surface area contributed by atoms with E-state index >= 15 is 0 Å². The topological polar surface area (TPSA) is 45.9 Å². The number of hydrogen-bond acceptors (Lipinski definition) is 4. The molecule has 0 radical (unpaired) electrons. The first kappa shape index (κ1) is 9.74. The zero-order valence-electron chi connectivity index (χ0n) is 6.24. The molecule has 0 aromatic carbocycles. The zero-order chi connectivity index (χ0) is 9.84. The van der Waals surface area contributed by atoms with E-state index in [1.165, 1.54) is 12.3 Å². The molecule has 0 N–H and O–H groups in total. The van der Waals surface area contributed by atoms with Crippen molar-refractivity contribution in [2.24, 2.45) is 0 Å². The summed E-state index contributed by atoms with van der Waals surface area (Å²) in [6.07, 6.45) is 1.20. The van der Waals surface area contributed by atoms with Crippen LogP contribution in [0.5, 0.6) is 5.88 Å². The van der Waals surface area contributed by atoms with Gasteiger partial charge in [-0.3, -0.25) is 0 Å². The van der Waals surface area contributed by atoms with Gasteiger partial charge in [-0.25, -0.2) is 4.98 Å². The summed E-state index contributed by atoms with van der Waals surface area (Å²) in [6, 6.07) is 3.13. The van der Waals surface area contributed by atoms with Crippen molar-refractivity contribution in [2.45, 2.75) is 11.5 Å². The standard InChI is InChI=1S/C7H4F2N2OS/c8-7(9)12-6-5(13)4(3-10)1-2-11-6/h1-2,7,13H. The van der Waals surface area contributed by atoms with Gasteiger partial charge in [0.1, 0.15) is 6.07 Å². The highest BCUT2D eigenvalue weighted by atomic mass is 32.1. The summed E-state index contributed by atoms with van der Waals surface area (Å²) in [4.78, 5) is 3.52. The molecule has 13 heavy (non-hydrogen) atoms. The molecule has 0 saturated carbocycles. The Morgan fingerprint density at radius 1 is 1.62 bits per heavy atom. The van der Waals surface area contributed by atoms with Gasteiger partial charge in [0.05, 0.1) is 10.5 Å². The highest BCUT2D eigenvalue weighted by Gasteiger charge is 2.11. The van der Waals surface area contributed by atoms with Crippen LogP contribution < -0.4 is 4.74 Å². The fourth-order valence-corrected chi connectivity index (χ4v) is 0.931. The minimum atomic E-state index is -2.97. The molecule has 1 aromatic rings. The molecule has 0 saturated heterocycles. The van der Waals surface area contributed by atoms with Crippen molar-refractivity contribution in [3.8, 4) is 11.9 Å². The fraction of sp³-hybridized carbons (Fsp3) is 0.143. The van der Waals surface area contributed by atoms with Gasteiger partial charge < -0.3 is 4.74 Å². The molecule has 1 aromatic heterocycles. The van der Waals surface area contributed by atoms with Crippen LogP contribution >= 0.6 is 12.6 Å². The molecule has 0 aliphatic heterocycles. The number of thiol groups is 1. The van der Waals surface area contributed by atoms with E-state index in [-0.39, 0.29) is 16.3 Å². The zero-order valence-corrected chi connectivity index (χ0v) is 7.13. The molecular formula is C7H4F2N2OS. The molecule has 1 heterocycles. The van der Waals surface area contributed by atoms with Crippen molar-refractivity contribution in [3.05, 3.63) is 17.8 Å². The Bertz CT molecular complexity index is 351. The molecule has 0 unspecified atom stereocenters. The minimum absolute atomic E-state index is 0.0188. The summed E-state index contributed by atoms with van der Waals surface area (Å²) in [5.41, 5.74) is 0.147. The highest BCUT2D eigenvalue weighted by molar-refractivity contribution is 7.80. The van der Waals surface area contributed by atoms with Crippen molar-refractivity contribution in [1.82, 2.24) is 4.98 Å². The Kier molecular flexibility index (Phi) is 3.03. The average Bonchev–Trinajstić information content (AvgIpc) is 2.08. The number of hydrogen-bond donors (Lipinski definition) is 1. The molecule has 0 aliphatic rings. The molecular weight excluding hydrogens is 198 g/mol. The molecule has 0 aliphatic carbocycles. The number of alkyl halides is 2. The Morgan fingerprint density at radius 2 is 2.31 bits per heavy atom. The lowest BCUT2D eigenvalue weighted by molar-refractivity contribution is -0.0548. The minimum Gasteiger partial charge on any atom is -0.416 e. The van der Waals surface area contributed by atoms with E-state index in [0.717, 1.165) is 0 Å². The average molecular weight is 202 g/mol. The summed E-state index contributed by atoms with van der Waals surface area (Å²) in [7, 11) is 0. The van der Waals surface area contributed by atoms with Crippen molar-refractivity contribution >= 4 is 12.6 Å². The first-order valence-electron chi connectivity index (χ1n) is 3.18. The predicted molar refractivity (Wildman–Crippen MR) is 42.8 cm³/mol. The number of nitriles is 1. The van der Waals surface area contributed by atoms with E-state index in [9.17, 15) is 8.78 Å². The van der Waals surface area contributed by atoms with Crippen LogP contribution in [0.1, 0.15) is 5.56 Å².